The van der Waals surface area contributed by atoms with Crippen molar-refractivity contribution in [2.75, 3.05) is 0 Å². The Morgan fingerprint density at radius 1 is 1.16 bits per heavy atom. The first-order chi connectivity index (χ1) is 15.0. The quantitative estimate of drug-likeness (QED) is 0.522. The summed E-state index contributed by atoms with van der Waals surface area (Å²) in [6.45, 7) is 0.150. The predicted molar refractivity (Wildman–Crippen MR) is 114 cm³/mol. The summed E-state index contributed by atoms with van der Waals surface area (Å²) in [5.41, 5.74) is 10.4. The highest BCUT2D eigenvalue weighted by Crippen LogP contribution is 2.65. The van der Waals surface area contributed by atoms with Gasteiger partial charge in [0.2, 0.25) is 0 Å². The third-order valence-electron chi connectivity index (χ3n) is 7.00. The largest absolute Gasteiger partial charge is 0.364 e. The Kier molecular flexibility index (Phi) is 3.54. The molecule has 8 heteroatoms. The van der Waals surface area contributed by atoms with E-state index in [1.54, 1.807) is 24.5 Å². The van der Waals surface area contributed by atoms with Crippen LogP contribution in [-0.4, -0.2) is 26.1 Å². The molecule has 3 saturated carbocycles. The Bertz CT molecular complexity index is 1310. The first-order valence-corrected chi connectivity index (χ1v) is 10.3. The number of hydrogen-bond donors (Lipinski definition) is 1. The molecule has 154 valence electrons. The molecule has 2 heterocycles. The fourth-order valence-corrected chi connectivity index (χ4v) is 5.34. The Balaban J connectivity index is 1.60. The molecule has 0 atom stereocenters. The van der Waals surface area contributed by atoms with Gasteiger partial charge in [0, 0.05) is 11.6 Å². The lowest BCUT2D eigenvalue weighted by atomic mass is 9.42. The number of nitrogens with two attached hydrogens (primary N) is 1. The topological polar surface area (TPSA) is 116 Å². The molecule has 2 aromatic carbocycles. The zero-order valence-corrected chi connectivity index (χ0v) is 16.6. The molecule has 1 aliphatic heterocycles. The van der Waals surface area contributed by atoms with Gasteiger partial charge in [0.15, 0.2) is 5.69 Å². The number of imidazole rings is 1. The van der Waals surface area contributed by atoms with E-state index in [4.69, 9.17) is 10.7 Å². The molecule has 0 saturated heterocycles. The number of aromatic nitrogens is 2. The molecule has 0 spiro atoms. The molecule has 7 rings (SSSR count). The van der Waals surface area contributed by atoms with E-state index >= 15 is 0 Å². The highest BCUT2D eigenvalue weighted by atomic mass is 16.6. The molecule has 4 aliphatic rings. The van der Waals surface area contributed by atoms with Gasteiger partial charge in [-0.15, -0.1) is 0 Å². The summed E-state index contributed by atoms with van der Waals surface area (Å²) in [5, 5.41) is 11.7. The molecule has 1 aromatic heterocycles. The maximum absolute atomic E-state index is 11.9. The number of benzene rings is 2. The summed E-state index contributed by atoms with van der Waals surface area (Å²) >= 11 is 0. The van der Waals surface area contributed by atoms with E-state index in [0.29, 0.717) is 17.0 Å². The minimum absolute atomic E-state index is 0.00273. The molecule has 0 unspecified atom stereocenters. The highest BCUT2D eigenvalue weighted by Gasteiger charge is 2.57. The van der Waals surface area contributed by atoms with Crippen LogP contribution in [0, 0.1) is 16.0 Å². The SMILES string of the molecule is NC(=O)c1ncn2c1CN=C(c1ccccc1[N+](=O)[O-])c1cc(C34CC(C3)C4)ccc1-2. The minimum atomic E-state index is -0.620. The number of nitrogens with zero attached hydrogens (tertiary/aromatic N) is 4. The summed E-state index contributed by atoms with van der Waals surface area (Å²) in [4.78, 5) is 32.2. The zero-order chi connectivity index (χ0) is 21.3. The van der Waals surface area contributed by atoms with Crippen molar-refractivity contribution in [2.24, 2.45) is 16.6 Å². The number of amides is 1. The Hall–Kier alpha value is -3.81. The maximum Gasteiger partial charge on any atom is 0.278 e. The number of fused-ring (bicyclic) bond motifs is 3. The van der Waals surface area contributed by atoms with Crippen LogP contribution < -0.4 is 5.73 Å². The van der Waals surface area contributed by atoms with Crippen molar-refractivity contribution in [3.8, 4) is 5.69 Å². The molecule has 31 heavy (non-hydrogen) atoms. The van der Waals surface area contributed by atoms with E-state index in [9.17, 15) is 14.9 Å². The van der Waals surface area contributed by atoms with Gasteiger partial charge < -0.3 is 5.73 Å². The Morgan fingerprint density at radius 2 is 1.94 bits per heavy atom. The number of primary amides is 1. The van der Waals surface area contributed by atoms with Gasteiger partial charge in [0.05, 0.1) is 34.1 Å². The summed E-state index contributed by atoms with van der Waals surface area (Å²) < 4.78 is 1.83. The summed E-state index contributed by atoms with van der Waals surface area (Å²) in [5.74, 6) is 0.214. The van der Waals surface area contributed by atoms with Crippen LogP contribution >= 0.6 is 0 Å². The van der Waals surface area contributed by atoms with E-state index in [1.165, 1.54) is 30.9 Å². The van der Waals surface area contributed by atoms with Gasteiger partial charge in [0.1, 0.15) is 6.33 Å². The van der Waals surface area contributed by atoms with Gasteiger partial charge >= 0.3 is 0 Å². The van der Waals surface area contributed by atoms with Gasteiger partial charge in [-0.2, -0.15) is 0 Å². The first-order valence-electron chi connectivity index (χ1n) is 10.3. The molecular formula is C23H19N5O3. The molecule has 3 aromatic rings. The fraction of sp³-hybridized carbons (Fsp3) is 0.261. The monoisotopic (exact) mass is 413 g/mol. The maximum atomic E-state index is 11.9. The molecule has 1 amide bonds. The van der Waals surface area contributed by atoms with E-state index in [0.717, 1.165) is 17.2 Å². The average molecular weight is 413 g/mol. The van der Waals surface area contributed by atoms with Crippen molar-refractivity contribution in [2.45, 2.75) is 31.2 Å². The highest BCUT2D eigenvalue weighted by molar-refractivity contribution is 6.17. The number of para-hydroxylation sites is 1. The second-order valence-electron chi connectivity index (χ2n) is 8.70. The van der Waals surface area contributed by atoms with Crippen LogP contribution in [0.3, 0.4) is 0 Å². The predicted octanol–water partition coefficient (Wildman–Crippen LogP) is 3.28. The minimum Gasteiger partial charge on any atom is -0.364 e. The zero-order valence-electron chi connectivity index (χ0n) is 16.6. The van der Waals surface area contributed by atoms with Gasteiger partial charge in [-0.1, -0.05) is 18.2 Å². The standard InChI is InChI=1S/C23H19N5O3/c24-22(29)21-19-11-25-20(15-3-1-2-4-18(15)28(30)31)16-7-14(23-8-13(9-23)10-23)5-6-17(16)27(19)12-26-21/h1-7,12-13H,8-11H2,(H2,24,29). The third kappa shape index (κ3) is 2.44. The number of nitro groups is 1. The lowest BCUT2D eigenvalue weighted by Crippen LogP contribution is -2.55. The van der Waals surface area contributed by atoms with Crippen LogP contribution in [0.1, 0.15) is 52.1 Å². The molecule has 3 aliphatic carbocycles. The number of carbonyl (C=O) groups is 1. The fourth-order valence-electron chi connectivity index (χ4n) is 5.34. The number of rotatable bonds is 4. The summed E-state index contributed by atoms with van der Waals surface area (Å²) in [6.07, 6.45) is 5.18. The summed E-state index contributed by atoms with van der Waals surface area (Å²) in [6, 6.07) is 12.9. The molecule has 2 bridgehead atoms. The first kappa shape index (κ1) is 18.0. The normalized spacial score (nSPS) is 22.8. The lowest BCUT2D eigenvalue weighted by molar-refractivity contribution is -0.385. The van der Waals surface area contributed by atoms with Crippen molar-refractivity contribution in [3.05, 3.63) is 87.0 Å². The second-order valence-corrected chi connectivity index (χ2v) is 8.70. The smallest absolute Gasteiger partial charge is 0.278 e. The van der Waals surface area contributed by atoms with Crippen LogP contribution in [0.5, 0.6) is 0 Å². The van der Waals surface area contributed by atoms with Gasteiger partial charge in [-0.05, 0) is 54.4 Å². The van der Waals surface area contributed by atoms with Crippen molar-refractivity contribution in [1.82, 2.24) is 9.55 Å². The van der Waals surface area contributed by atoms with Crippen LogP contribution in [-0.2, 0) is 12.0 Å². The number of nitro benzene ring substituents is 1. The molecule has 3 fully saturated rings. The molecular weight excluding hydrogens is 394 g/mol. The lowest BCUT2D eigenvalue weighted by Gasteiger charge is -2.62. The van der Waals surface area contributed by atoms with Crippen LogP contribution in [0.25, 0.3) is 5.69 Å². The molecule has 2 N–H and O–H groups in total. The second kappa shape index (κ2) is 6.10. The van der Waals surface area contributed by atoms with E-state index in [1.807, 2.05) is 10.6 Å². The number of hydrogen-bond acceptors (Lipinski definition) is 5. The van der Waals surface area contributed by atoms with E-state index in [2.05, 4.69) is 17.1 Å². The summed E-state index contributed by atoms with van der Waals surface area (Å²) in [7, 11) is 0. The Labute approximate surface area is 177 Å². The van der Waals surface area contributed by atoms with E-state index < -0.39 is 5.91 Å². The van der Waals surface area contributed by atoms with Crippen LogP contribution in [0.4, 0.5) is 5.69 Å². The van der Waals surface area contributed by atoms with E-state index in [-0.39, 0.29) is 28.3 Å². The number of aliphatic imine (C=N–C) groups is 1. The van der Waals surface area contributed by atoms with Crippen LogP contribution in [0.15, 0.2) is 53.8 Å². The van der Waals surface area contributed by atoms with Crippen molar-refractivity contribution in [1.29, 1.82) is 0 Å². The average Bonchev–Trinajstić information content (AvgIpc) is 3.04. The molecule has 0 radical (unpaired) electrons. The van der Waals surface area contributed by atoms with Crippen molar-refractivity contribution >= 4 is 17.3 Å². The van der Waals surface area contributed by atoms with Crippen LogP contribution in [0.2, 0.25) is 0 Å². The van der Waals surface area contributed by atoms with Gasteiger partial charge in [-0.3, -0.25) is 24.5 Å². The Morgan fingerprint density at radius 3 is 2.61 bits per heavy atom. The van der Waals surface area contributed by atoms with Gasteiger partial charge in [-0.25, -0.2) is 4.98 Å². The van der Waals surface area contributed by atoms with Crippen molar-refractivity contribution < 1.29 is 9.72 Å². The third-order valence-corrected chi connectivity index (χ3v) is 7.00. The molecule has 8 nitrogen and oxygen atoms in total. The number of carbonyl (C=O) groups excluding carboxylic acids is 1. The van der Waals surface area contributed by atoms with Crippen molar-refractivity contribution in [3.63, 3.8) is 0 Å². The van der Waals surface area contributed by atoms with Gasteiger partial charge in [0.25, 0.3) is 11.6 Å².